The summed E-state index contributed by atoms with van der Waals surface area (Å²) < 4.78 is 24.8. The van der Waals surface area contributed by atoms with E-state index in [-0.39, 0.29) is 78.7 Å². The molecule has 76 heavy (non-hydrogen) atoms. The molecule has 2 aliphatic rings. The second-order valence-electron chi connectivity index (χ2n) is 16.5. The number of esters is 4. The lowest BCUT2D eigenvalue weighted by Crippen LogP contribution is -2.46. The van der Waals surface area contributed by atoms with Crippen LogP contribution in [0.4, 0.5) is 10.0 Å². The minimum atomic E-state index is -2.69. The number of carbonyl (C=O) groups is 4. The van der Waals surface area contributed by atoms with Gasteiger partial charge in [0, 0.05) is 11.1 Å². The van der Waals surface area contributed by atoms with Gasteiger partial charge >= 0.3 is 23.9 Å². The summed E-state index contributed by atoms with van der Waals surface area (Å²) in [5.41, 5.74) is -4.65. The summed E-state index contributed by atoms with van der Waals surface area (Å²) in [6.45, 7) is -1.31. The highest BCUT2D eigenvalue weighted by molar-refractivity contribution is 7.25. The van der Waals surface area contributed by atoms with Gasteiger partial charge < -0.3 is 18.9 Å². The fourth-order valence-corrected chi connectivity index (χ4v) is 12.9. The molecule has 0 amide bonds. The molecule has 20 heteroatoms. The summed E-state index contributed by atoms with van der Waals surface area (Å²) in [6, 6.07) is 48.4. The number of hydrogen-bond donors (Lipinski definition) is 0. The summed E-state index contributed by atoms with van der Waals surface area (Å²) in [7, 11) is 0. The third-order valence-corrected chi connectivity index (χ3v) is 16.4. The van der Waals surface area contributed by atoms with Gasteiger partial charge in [-0.2, -0.15) is 21.0 Å². The van der Waals surface area contributed by atoms with Crippen LogP contribution in [0.5, 0.6) is 0 Å². The number of nitrogens with zero attached hydrogens (tertiary/aromatic N) is 8. The van der Waals surface area contributed by atoms with E-state index in [4.69, 9.17) is 28.9 Å². The fraction of sp³-hybridized carbons (Fsp3) is 0.107. The summed E-state index contributed by atoms with van der Waals surface area (Å²) in [6.07, 6.45) is 0. The van der Waals surface area contributed by atoms with Crippen LogP contribution < -0.4 is 0 Å². The first-order chi connectivity index (χ1) is 37.1. The van der Waals surface area contributed by atoms with Crippen molar-refractivity contribution in [2.75, 3.05) is 0 Å². The standard InChI is InChI=1S/C56H32N8O8S4/c57-25-37(26-58)61-41-23-21-39(73-41)49-63-47-46(76-49)44-43(55(47,51(65)69-29-33-13-5-1-6-14-33)52(66)70-30-34-15-7-2-8-16-34)45-48(64-50(75-45)40-22-24-42(74-40)62-38(27-59)28-60)56(44,53(67)71-31-35-17-9-3-10-18-35)54(68)72-32-36-19-11-4-12-20-36/h1-24H,29-32H2. The fourth-order valence-electron chi connectivity index (χ4n) is 8.54. The Kier molecular flexibility index (Phi) is 14.2. The van der Waals surface area contributed by atoms with E-state index >= 15 is 19.2 Å². The monoisotopic (exact) mass is 1070 g/mol. The van der Waals surface area contributed by atoms with Crippen molar-refractivity contribution in [1.82, 2.24) is 9.97 Å². The zero-order valence-corrected chi connectivity index (χ0v) is 42.4. The molecule has 4 aromatic carbocycles. The van der Waals surface area contributed by atoms with Gasteiger partial charge in [-0.15, -0.1) is 45.3 Å². The van der Waals surface area contributed by atoms with Crippen molar-refractivity contribution < 1.29 is 38.1 Å². The van der Waals surface area contributed by atoms with E-state index in [9.17, 15) is 21.0 Å². The van der Waals surface area contributed by atoms with Crippen molar-refractivity contribution in [2.45, 2.75) is 37.3 Å². The molecule has 0 saturated carbocycles. The minimum absolute atomic E-state index is 0.0415. The third-order valence-electron chi connectivity index (χ3n) is 12.0. The summed E-state index contributed by atoms with van der Waals surface area (Å²) >= 11 is 4.02. The Labute approximate surface area is 448 Å². The van der Waals surface area contributed by atoms with Gasteiger partial charge in [0.15, 0.2) is 0 Å². The predicted octanol–water partition coefficient (Wildman–Crippen LogP) is 10.7. The SMILES string of the molecule is N#CC(C#N)=Nc1ccc(-c2nc3c(s2)C2=C(c4sc(-c5ccc(N=C(C#N)C#N)s5)nc4C2(C(=O)OCc2ccccc2)C(=O)OCc2ccccc2)C3(C(=O)OCc2ccccc2)C(=O)OCc2ccccc2)s1. The predicted molar refractivity (Wildman–Crippen MR) is 283 cm³/mol. The topological polar surface area (TPSA) is 251 Å². The Morgan fingerprint density at radius 2 is 0.711 bits per heavy atom. The molecule has 4 aromatic heterocycles. The molecule has 10 rings (SSSR count). The smallest absolute Gasteiger partial charge is 0.334 e. The van der Waals surface area contributed by atoms with Crippen LogP contribution in [-0.2, 0) is 75.4 Å². The molecule has 2 aliphatic carbocycles. The minimum Gasteiger partial charge on any atom is -0.459 e. The Bertz CT molecular complexity index is 3480. The average molecular weight is 1070 g/mol. The first kappa shape index (κ1) is 50.0. The number of rotatable bonds is 16. The highest BCUT2D eigenvalue weighted by Gasteiger charge is 2.73. The molecular weight excluding hydrogens is 1040 g/mol. The second kappa shape index (κ2) is 21.5. The summed E-state index contributed by atoms with van der Waals surface area (Å²) in [5, 5.41) is 38.9. The molecule has 4 heterocycles. The van der Waals surface area contributed by atoms with E-state index in [1.165, 1.54) is 0 Å². The van der Waals surface area contributed by atoms with Crippen LogP contribution in [0.2, 0.25) is 0 Å². The molecule has 0 fully saturated rings. The molecule has 0 atom stereocenters. The first-order valence-electron chi connectivity index (χ1n) is 22.7. The van der Waals surface area contributed by atoms with Gasteiger partial charge in [0.25, 0.3) is 0 Å². The number of hydrogen-bond acceptors (Lipinski definition) is 20. The van der Waals surface area contributed by atoms with Gasteiger partial charge in [-0.25, -0.2) is 20.0 Å². The Morgan fingerprint density at radius 3 is 0.987 bits per heavy atom. The van der Waals surface area contributed by atoms with Crippen LogP contribution in [0.15, 0.2) is 156 Å². The summed E-state index contributed by atoms with van der Waals surface area (Å²) in [5.74, 6) is -4.60. The number of carbonyl (C=O) groups excluding carboxylic acids is 4. The zero-order chi connectivity index (χ0) is 52.8. The van der Waals surface area contributed by atoms with E-state index in [0.29, 0.717) is 32.0 Å². The van der Waals surface area contributed by atoms with Gasteiger partial charge in [-0.1, -0.05) is 121 Å². The number of fused-ring (bicyclic) bond motifs is 4. The maximum Gasteiger partial charge on any atom is 0.334 e. The van der Waals surface area contributed by atoms with Gasteiger partial charge in [0.1, 0.15) is 70.7 Å². The van der Waals surface area contributed by atoms with Crippen LogP contribution in [0.1, 0.15) is 43.4 Å². The lowest BCUT2D eigenvalue weighted by atomic mass is 9.79. The molecule has 8 aromatic rings. The second-order valence-corrected chi connectivity index (χ2v) is 20.7. The van der Waals surface area contributed by atoms with Crippen molar-refractivity contribution >= 4 is 102 Å². The number of thiophene rings is 2. The van der Waals surface area contributed by atoms with Gasteiger partial charge in [-0.3, -0.25) is 19.2 Å². The highest BCUT2D eigenvalue weighted by Crippen LogP contribution is 2.67. The molecule has 0 unspecified atom stereocenters. The van der Waals surface area contributed by atoms with Crippen molar-refractivity contribution in [2.24, 2.45) is 9.98 Å². The first-order valence-corrected chi connectivity index (χ1v) is 26.0. The van der Waals surface area contributed by atoms with Crippen LogP contribution in [0.3, 0.4) is 0 Å². The Balaban J connectivity index is 1.26. The maximum atomic E-state index is 15.9. The van der Waals surface area contributed by atoms with Crippen molar-refractivity contribution in [1.29, 1.82) is 21.0 Å². The van der Waals surface area contributed by atoms with E-state index in [0.717, 1.165) is 45.3 Å². The van der Waals surface area contributed by atoms with Crippen LogP contribution in [-0.4, -0.2) is 45.3 Å². The number of benzene rings is 4. The molecular formula is C56H32N8O8S4. The van der Waals surface area contributed by atoms with E-state index in [1.807, 2.05) is 0 Å². The Morgan fingerprint density at radius 1 is 0.421 bits per heavy atom. The molecule has 0 radical (unpaired) electrons. The van der Waals surface area contributed by atoms with Crippen molar-refractivity contribution in [3.05, 3.63) is 189 Å². The van der Waals surface area contributed by atoms with Gasteiger partial charge in [0.2, 0.25) is 22.3 Å². The van der Waals surface area contributed by atoms with E-state index in [2.05, 4.69) is 9.98 Å². The van der Waals surface area contributed by atoms with Gasteiger partial charge in [-0.05, 0) is 46.5 Å². The van der Waals surface area contributed by atoms with E-state index in [1.54, 1.807) is 170 Å². The molecule has 0 aliphatic heterocycles. The van der Waals surface area contributed by atoms with Crippen molar-refractivity contribution in [3.8, 4) is 44.0 Å². The number of aromatic nitrogens is 2. The molecule has 16 nitrogen and oxygen atoms in total. The van der Waals surface area contributed by atoms with Gasteiger partial charge in [0.05, 0.1) is 30.9 Å². The normalized spacial score (nSPS) is 13.0. The molecule has 0 spiro atoms. The van der Waals surface area contributed by atoms with Crippen molar-refractivity contribution in [3.63, 3.8) is 0 Å². The molecule has 0 N–H and O–H groups in total. The maximum absolute atomic E-state index is 15.9. The molecule has 0 bridgehead atoms. The highest BCUT2D eigenvalue weighted by atomic mass is 32.1. The number of thiazole rings is 2. The number of ether oxygens (including phenoxy) is 4. The average Bonchev–Trinajstić information content (AvgIpc) is 4.50. The molecule has 368 valence electrons. The largest absolute Gasteiger partial charge is 0.459 e. The Hall–Kier alpha value is -9.54. The van der Waals surface area contributed by atoms with Crippen LogP contribution in [0.25, 0.3) is 30.9 Å². The lowest BCUT2D eigenvalue weighted by molar-refractivity contribution is -0.165. The third kappa shape index (κ3) is 9.15. The summed E-state index contributed by atoms with van der Waals surface area (Å²) in [4.78, 5) is 82.9. The zero-order valence-electron chi connectivity index (χ0n) is 39.2. The van der Waals surface area contributed by atoms with Crippen LogP contribution in [0, 0.1) is 45.3 Å². The number of nitriles is 4. The van der Waals surface area contributed by atoms with E-state index < -0.39 is 46.1 Å². The van der Waals surface area contributed by atoms with Crippen LogP contribution >= 0.6 is 45.3 Å². The quantitative estimate of drug-likeness (QED) is 0.0378. The molecule has 0 saturated heterocycles. The lowest BCUT2D eigenvalue weighted by Gasteiger charge is -2.27. The number of aliphatic imine (C=N–C) groups is 2.